The average Bonchev–Trinajstić information content (AvgIpc) is 3.48. The lowest BCUT2D eigenvalue weighted by Gasteiger charge is -2.23. The lowest BCUT2D eigenvalue weighted by Crippen LogP contribution is -2.15. The Morgan fingerprint density at radius 2 is 1.32 bits per heavy atom. The van der Waals surface area contributed by atoms with E-state index in [0.717, 1.165) is 11.3 Å². The molecule has 6 aromatic carbocycles. The first kappa shape index (κ1) is 23.9. The van der Waals surface area contributed by atoms with Crippen LogP contribution in [0.2, 0.25) is 0 Å². The molecule has 1 aromatic heterocycles. The van der Waals surface area contributed by atoms with Gasteiger partial charge in [0.1, 0.15) is 0 Å². The molecule has 8 rings (SSSR count). The first-order chi connectivity index (χ1) is 20.1. The average molecular weight is 527 g/mol. The van der Waals surface area contributed by atoms with E-state index >= 15 is 0 Å². The molecule has 1 aliphatic rings. The van der Waals surface area contributed by atoms with E-state index in [1.165, 1.54) is 60.4 Å². The molecule has 0 spiro atoms. The van der Waals surface area contributed by atoms with Crippen LogP contribution in [-0.4, -0.2) is 10.8 Å². The smallest absolute Gasteiger partial charge is 0.0639 e. The van der Waals surface area contributed by atoms with Crippen molar-refractivity contribution < 1.29 is 0 Å². The number of benzene rings is 6. The summed E-state index contributed by atoms with van der Waals surface area (Å²) < 4.78 is 2.47. The third-order valence-corrected chi connectivity index (χ3v) is 8.83. The highest BCUT2D eigenvalue weighted by molar-refractivity contribution is 6.25. The summed E-state index contributed by atoms with van der Waals surface area (Å²) in [7, 11) is 0. The monoisotopic (exact) mass is 526 g/mol. The van der Waals surface area contributed by atoms with Crippen molar-refractivity contribution in [2.45, 2.75) is 25.8 Å². The van der Waals surface area contributed by atoms with Crippen molar-refractivity contribution in [1.82, 2.24) is 4.57 Å². The van der Waals surface area contributed by atoms with Gasteiger partial charge >= 0.3 is 0 Å². The van der Waals surface area contributed by atoms with Crippen molar-refractivity contribution in [3.63, 3.8) is 0 Å². The van der Waals surface area contributed by atoms with Gasteiger partial charge in [0.15, 0.2) is 0 Å². The molecule has 2 heteroatoms. The lowest BCUT2D eigenvalue weighted by molar-refractivity contribution is 0.667. The zero-order chi connectivity index (χ0) is 27.6. The highest BCUT2D eigenvalue weighted by Crippen LogP contribution is 2.56. The van der Waals surface area contributed by atoms with E-state index < -0.39 is 0 Å². The fraction of sp³-hybridized carbons (Fsp3) is 0.103. The molecular weight excluding hydrogens is 496 g/mol. The molecule has 0 radical (unpaired) electrons. The maximum Gasteiger partial charge on any atom is 0.0639 e. The molecule has 7 aromatic rings. The predicted octanol–water partition coefficient (Wildman–Crippen LogP) is 9.86. The standard InChI is InChI=1S/C39H30N2/c1-39(2)33-18-10-8-16-31(33)35-29-14-6-7-15-30(29)38-36(37(35)39)32-17-9-11-19-34(32)41(38)28-22-20-27(21-23-28)25-40-24-26-12-4-3-5-13-26/h3-23,25H,24H2,1-2H3/b40-25+. The van der Waals surface area contributed by atoms with Crippen molar-refractivity contribution >= 4 is 38.8 Å². The van der Waals surface area contributed by atoms with Gasteiger partial charge in [-0.2, -0.15) is 0 Å². The number of aliphatic imine (C=N–C) groups is 1. The molecule has 0 amide bonds. The number of nitrogens with zero attached hydrogens (tertiary/aromatic N) is 2. The summed E-state index contributed by atoms with van der Waals surface area (Å²) in [4.78, 5) is 4.69. The summed E-state index contributed by atoms with van der Waals surface area (Å²) in [6.07, 6.45) is 1.98. The summed E-state index contributed by atoms with van der Waals surface area (Å²) in [5.74, 6) is 0. The van der Waals surface area contributed by atoms with Gasteiger partial charge in [0, 0.05) is 33.5 Å². The van der Waals surface area contributed by atoms with Gasteiger partial charge in [-0.05, 0) is 57.0 Å². The molecule has 1 heterocycles. The van der Waals surface area contributed by atoms with Gasteiger partial charge < -0.3 is 4.57 Å². The summed E-state index contributed by atoms with van der Waals surface area (Å²) in [5, 5.41) is 5.28. The van der Waals surface area contributed by atoms with E-state index in [1.807, 2.05) is 12.3 Å². The van der Waals surface area contributed by atoms with E-state index in [2.05, 4.69) is 145 Å². The van der Waals surface area contributed by atoms with Crippen LogP contribution in [0.3, 0.4) is 0 Å². The van der Waals surface area contributed by atoms with E-state index in [0.29, 0.717) is 6.54 Å². The van der Waals surface area contributed by atoms with Crippen LogP contribution in [0.5, 0.6) is 0 Å². The van der Waals surface area contributed by atoms with Crippen molar-refractivity contribution in [2.75, 3.05) is 0 Å². The van der Waals surface area contributed by atoms with Crippen LogP contribution in [0.1, 0.15) is 36.1 Å². The van der Waals surface area contributed by atoms with Crippen molar-refractivity contribution in [2.24, 2.45) is 4.99 Å². The lowest BCUT2D eigenvalue weighted by atomic mass is 9.79. The number of para-hydroxylation sites is 1. The molecule has 0 aliphatic heterocycles. The van der Waals surface area contributed by atoms with E-state index in [9.17, 15) is 0 Å². The number of hydrogen-bond donors (Lipinski definition) is 0. The zero-order valence-corrected chi connectivity index (χ0v) is 23.3. The molecule has 2 nitrogen and oxygen atoms in total. The van der Waals surface area contributed by atoms with Crippen molar-refractivity contribution in [3.8, 4) is 16.8 Å². The normalized spacial score (nSPS) is 13.8. The topological polar surface area (TPSA) is 17.3 Å². The van der Waals surface area contributed by atoms with Crippen LogP contribution in [0.15, 0.2) is 132 Å². The zero-order valence-electron chi connectivity index (χ0n) is 23.3. The quantitative estimate of drug-likeness (QED) is 0.203. The molecule has 0 bridgehead atoms. The van der Waals surface area contributed by atoms with Crippen LogP contribution >= 0.6 is 0 Å². The van der Waals surface area contributed by atoms with Gasteiger partial charge in [0.05, 0.1) is 17.6 Å². The molecule has 196 valence electrons. The second-order valence-corrected chi connectivity index (χ2v) is 11.6. The van der Waals surface area contributed by atoms with Gasteiger partial charge in [-0.3, -0.25) is 4.99 Å². The largest absolute Gasteiger partial charge is 0.309 e. The minimum Gasteiger partial charge on any atom is -0.309 e. The van der Waals surface area contributed by atoms with Gasteiger partial charge in [-0.1, -0.05) is 123 Å². The Hall–Kier alpha value is -4.95. The fourth-order valence-corrected chi connectivity index (χ4v) is 7.02. The van der Waals surface area contributed by atoms with Crippen LogP contribution in [0.25, 0.3) is 49.4 Å². The van der Waals surface area contributed by atoms with Gasteiger partial charge in [0.25, 0.3) is 0 Å². The first-order valence-corrected chi connectivity index (χ1v) is 14.4. The van der Waals surface area contributed by atoms with E-state index in [1.54, 1.807) is 0 Å². The summed E-state index contributed by atoms with van der Waals surface area (Å²) in [5.41, 5.74) is 11.5. The minimum absolute atomic E-state index is 0.109. The Labute approximate surface area is 240 Å². The maximum absolute atomic E-state index is 4.69. The maximum atomic E-state index is 4.69. The van der Waals surface area contributed by atoms with Gasteiger partial charge in [0.2, 0.25) is 0 Å². The van der Waals surface area contributed by atoms with Crippen molar-refractivity contribution in [1.29, 1.82) is 0 Å². The Balaban J connectivity index is 1.37. The number of hydrogen-bond acceptors (Lipinski definition) is 1. The van der Waals surface area contributed by atoms with Crippen LogP contribution in [0, 0.1) is 0 Å². The minimum atomic E-state index is -0.109. The number of rotatable bonds is 4. The molecule has 0 saturated heterocycles. The fourth-order valence-electron chi connectivity index (χ4n) is 7.02. The Morgan fingerprint density at radius 1 is 0.659 bits per heavy atom. The van der Waals surface area contributed by atoms with Crippen LogP contribution in [-0.2, 0) is 12.0 Å². The number of aromatic nitrogens is 1. The van der Waals surface area contributed by atoms with Gasteiger partial charge in [-0.15, -0.1) is 0 Å². The predicted molar refractivity (Wildman–Crippen MR) is 174 cm³/mol. The van der Waals surface area contributed by atoms with Crippen LogP contribution in [0.4, 0.5) is 0 Å². The summed E-state index contributed by atoms with van der Waals surface area (Å²) >= 11 is 0. The third kappa shape index (κ3) is 3.54. The highest BCUT2D eigenvalue weighted by Gasteiger charge is 2.39. The van der Waals surface area contributed by atoms with E-state index in [-0.39, 0.29) is 5.41 Å². The molecule has 0 saturated carbocycles. The third-order valence-electron chi connectivity index (χ3n) is 8.83. The molecule has 0 N–H and O–H groups in total. The molecule has 0 fully saturated rings. The number of fused-ring (bicyclic) bond motifs is 10. The molecular formula is C39H30N2. The first-order valence-electron chi connectivity index (χ1n) is 14.4. The van der Waals surface area contributed by atoms with Crippen molar-refractivity contribution in [3.05, 3.63) is 150 Å². The van der Waals surface area contributed by atoms with E-state index in [4.69, 9.17) is 0 Å². The Kier molecular flexibility index (Phi) is 5.27. The summed E-state index contributed by atoms with van der Waals surface area (Å²) in [6, 6.07) is 46.0. The molecule has 41 heavy (non-hydrogen) atoms. The molecule has 0 unspecified atom stereocenters. The second-order valence-electron chi connectivity index (χ2n) is 11.6. The highest BCUT2D eigenvalue weighted by atomic mass is 15.0. The summed E-state index contributed by atoms with van der Waals surface area (Å²) in [6.45, 7) is 5.47. The molecule has 1 aliphatic carbocycles. The Morgan fingerprint density at radius 3 is 2.12 bits per heavy atom. The Bertz CT molecular complexity index is 2130. The SMILES string of the molecule is CC1(C)c2ccccc2-c2c1c1c3ccccc3n(-c3ccc(/C=N/Cc4ccccc4)cc3)c1c1ccccc21. The molecule has 0 atom stereocenters. The van der Waals surface area contributed by atoms with Crippen LogP contribution < -0.4 is 0 Å². The van der Waals surface area contributed by atoms with Gasteiger partial charge in [-0.25, -0.2) is 0 Å². The second kappa shape index (κ2) is 9.04.